The van der Waals surface area contributed by atoms with Gasteiger partial charge in [-0.2, -0.15) is 4.31 Å². The van der Waals surface area contributed by atoms with E-state index in [1.165, 1.54) is 0 Å². The molecule has 0 radical (unpaired) electrons. The molecule has 5 nitrogen and oxygen atoms in total. The Labute approximate surface area is 195 Å². The van der Waals surface area contributed by atoms with Crippen molar-refractivity contribution in [2.24, 2.45) is 7.05 Å². The molecule has 0 aliphatic carbocycles. The van der Waals surface area contributed by atoms with Gasteiger partial charge in [-0.05, 0) is 36.8 Å². The number of halogens is 1. The normalized spacial score (nSPS) is 16.4. The number of hydrogen-bond acceptors (Lipinski definition) is 3. The number of nitrogens with zero attached hydrogens (tertiary/aromatic N) is 2. The molecule has 0 N–H and O–H groups in total. The van der Waals surface area contributed by atoms with Crippen LogP contribution in [0.1, 0.15) is 29.0 Å². The van der Waals surface area contributed by atoms with E-state index in [1.807, 2.05) is 67.1 Å². The molecular formula is C25H21BrN2O3S. The summed E-state index contributed by atoms with van der Waals surface area (Å²) in [6.07, 6.45) is 0.0806. The van der Waals surface area contributed by atoms with Crippen LogP contribution in [-0.2, 0) is 21.9 Å². The lowest BCUT2D eigenvalue weighted by Crippen LogP contribution is -2.42. The molecule has 7 heteroatoms. The van der Waals surface area contributed by atoms with Crippen LogP contribution in [0.5, 0.6) is 0 Å². The van der Waals surface area contributed by atoms with Gasteiger partial charge in [-0.25, -0.2) is 8.42 Å². The molecule has 32 heavy (non-hydrogen) atoms. The predicted molar refractivity (Wildman–Crippen MR) is 129 cm³/mol. The molecule has 1 atom stereocenters. The van der Waals surface area contributed by atoms with Crippen LogP contribution >= 0.6 is 15.9 Å². The smallest absolute Gasteiger partial charge is 0.272 e. The predicted octanol–water partition coefficient (Wildman–Crippen LogP) is 5.51. The van der Waals surface area contributed by atoms with Crippen molar-refractivity contribution in [2.45, 2.75) is 24.2 Å². The first kappa shape index (κ1) is 21.0. The maximum atomic E-state index is 13.7. The summed E-state index contributed by atoms with van der Waals surface area (Å²) in [6, 6.07) is 22.3. The highest BCUT2D eigenvalue weighted by Crippen LogP contribution is 2.47. The van der Waals surface area contributed by atoms with Gasteiger partial charge >= 0.3 is 0 Å². The third kappa shape index (κ3) is 3.19. The fraction of sp³-hybridized carbons (Fsp3) is 0.160. The summed E-state index contributed by atoms with van der Waals surface area (Å²) in [7, 11) is -2.26. The third-order valence-corrected chi connectivity index (χ3v) is 8.30. The van der Waals surface area contributed by atoms with Crippen molar-refractivity contribution in [2.75, 3.05) is 4.31 Å². The molecule has 3 aromatic carbocycles. The van der Waals surface area contributed by atoms with E-state index in [1.54, 1.807) is 24.3 Å². The number of benzene rings is 3. The van der Waals surface area contributed by atoms with Crippen molar-refractivity contribution >= 4 is 48.6 Å². The Morgan fingerprint density at radius 1 is 0.969 bits per heavy atom. The molecule has 0 spiro atoms. The first-order valence-corrected chi connectivity index (χ1v) is 12.5. The summed E-state index contributed by atoms with van der Waals surface area (Å²) < 4.78 is 31.1. The van der Waals surface area contributed by atoms with E-state index < -0.39 is 15.9 Å². The summed E-state index contributed by atoms with van der Waals surface area (Å²) in [4.78, 5) is 13.6. The highest BCUT2D eigenvalue weighted by Gasteiger charge is 2.43. The maximum Gasteiger partial charge on any atom is 0.272 e. The second kappa shape index (κ2) is 7.60. The van der Waals surface area contributed by atoms with Crippen molar-refractivity contribution in [3.63, 3.8) is 0 Å². The Morgan fingerprint density at radius 3 is 2.34 bits per heavy atom. The minimum absolute atomic E-state index is 0.0806. The fourth-order valence-electron chi connectivity index (χ4n) is 4.53. The van der Waals surface area contributed by atoms with Crippen LogP contribution in [0.15, 0.2) is 82.2 Å². The van der Waals surface area contributed by atoms with Gasteiger partial charge in [0.15, 0.2) is 0 Å². The molecule has 0 fully saturated rings. The number of fused-ring (bicyclic) bond motifs is 3. The number of carbonyl (C=O) groups is 1. The highest BCUT2D eigenvalue weighted by atomic mass is 79.9. The zero-order valence-corrected chi connectivity index (χ0v) is 20.0. The molecule has 0 saturated heterocycles. The number of aromatic nitrogens is 1. The third-order valence-electron chi connectivity index (χ3n) is 6.08. The minimum Gasteiger partial charge on any atom is -0.329 e. The van der Waals surface area contributed by atoms with Gasteiger partial charge in [-0.15, -0.1) is 0 Å². The summed E-state index contributed by atoms with van der Waals surface area (Å²) in [5, 5.41) is 0.941. The van der Waals surface area contributed by atoms with Crippen molar-refractivity contribution in [3.05, 3.63) is 94.0 Å². The van der Waals surface area contributed by atoms with E-state index in [-0.39, 0.29) is 17.2 Å². The van der Waals surface area contributed by atoms with Gasteiger partial charge < -0.3 is 4.57 Å². The molecule has 1 amide bonds. The average molecular weight is 509 g/mol. The van der Waals surface area contributed by atoms with Crippen molar-refractivity contribution in [1.29, 1.82) is 0 Å². The first-order valence-electron chi connectivity index (χ1n) is 10.3. The monoisotopic (exact) mass is 508 g/mol. The Morgan fingerprint density at radius 2 is 1.66 bits per heavy atom. The van der Waals surface area contributed by atoms with Crippen molar-refractivity contribution in [1.82, 2.24) is 4.57 Å². The Kier molecular flexibility index (Phi) is 4.98. The SMILES string of the molecule is Cc1ccc(S(=O)(=O)N2C(=O)CC(c3ccccc3)c3c2n(C)c2cc(Br)ccc32)cc1. The average Bonchev–Trinajstić information content (AvgIpc) is 3.05. The van der Waals surface area contributed by atoms with Gasteiger partial charge in [0.1, 0.15) is 5.82 Å². The fourth-order valence-corrected chi connectivity index (χ4v) is 6.36. The molecule has 1 aliphatic heterocycles. The molecular weight excluding hydrogens is 488 g/mol. The van der Waals surface area contributed by atoms with E-state index in [0.29, 0.717) is 5.82 Å². The molecule has 1 aliphatic rings. The number of sulfonamides is 1. The standard InChI is InChI=1S/C25H21BrN2O3S/c1-16-8-11-19(12-9-16)32(30,31)28-23(29)15-21(17-6-4-3-5-7-17)24-20-13-10-18(26)14-22(20)27(2)25(24)28/h3-14,21H,15H2,1-2H3. The molecule has 0 bridgehead atoms. The van der Waals surface area contributed by atoms with E-state index in [9.17, 15) is 13.2 Å². The van der Waals surface area contributed by atoms with Crippen LogP contribution < -0.4 is 4.31 Å². The maximum absolute atomic E-state index is 13.7. The van der Waals surface area contributed by atoms with Gasteiger partial charge in [0.2, 0.25) is 5.91 Å². The molecule has 5 rings (SSSR count). The number of hydrogen-bond donors (Lipinski definition) is 0. The quantitative estimate of drug-likeness (QED) is 0.366. The van der Waals surface area contributed by atoms with Crippen molar-refractivity contribution in [3.8, 4) is 0 Å². The van der Waals surface area contributed by atoms with E-state index in [0.717, 1.165) is 36.4 Å². The van der Waals surface area contributed by atoms with Gasteiger partial charge in [0.25, 0.3) is 10.0 Å². The Hall–Kier alpha value is -2.90. The van der Waals surface area contributed by atoms with Crippen LogP contribution in [0.4, 0.5) is 5.82 Å². The largest absolute Gasteiger partial charge is 0.329 e. The van der Waals surface area contributed by atoms with E-state index >= 15 is 0 Å². The lowest BCUT2D eigenvalue weighted by molar-refractivity contribution is -0.118. The molecule has 2 heterocycles. The zero-order valence-electron chi connectivity index (χ0n) is 17.6. The summed E-state index contributed by atoms with van der Waals surface area (Å²) in [5.41, 5.74) is 3.67. The number of aryl methyl sites for hydroxylation is 2. The topological polar surface area (TPSA) is 59.4 Å². The highest BCUT2D eigenvalue weighted by molar-refractivity contribution is 9.10. The lowest BCUT2D eigenvalue weighted by atomic mass is 9.85. The summed E-state index contributed by atoms with van der Waals surface area (Å²) in [5.74, 6) is -0.256. The Balaban J connectivity index is 1.81. The number of amides is 1. The second-order valence-corrected chi connectivity index (χ2v) is 10.8. The molecule has 162 valence electrons. The van der Waals surface area contributed by atoms with Crippen LogP contribution in [0, 0.1) is 6.92 Å². The Bertz CT molecular complexity index is 1460. The molecule has 4 aromatic rings. The van der Waals surface area contributed by atoms with Gasteiger partial charge in [0, 0.05) is 34.8 Å². The van der Waals surface area contributed by atoms with Crippen LogP contribution in [0.3, 0.4) is 0 Å². The number of carbonyl (C=O) groups excluding carboxylic acids is 1. The van der Waals surface area contributed by atoms with Gasteiger partial charge in [-0.3, -0.25) is 4.79 Å². The van der Waals surface area contributed by atoms with Crippen LogP contribution in [-0.4, -0.2) is 18.9 Å². The van der Waals surface area contributed by atoms with E-state index in [2.05, 4.69) is 15.9 Å². The lowest BCUT2D eigenvalue weighted by Gasteiger charge is -2.32. The summed E-state index contributed by atoms with van der Waals surface area (Å²) >= 11 is 3.52. The molecule has 1 unspecified atom stereocenters. The zero-order chi connectivity index (χ0) is 22.6. The van der Waals surface area contributed by atoms with Crippen molar-refractivity contribution < 1.29 is 13.2 Å². The molecule has 0 saturated carbocycles. The van der Waals surface area contributed by atoms with Crippen LogP contribution in [0.2, 0.25) is 0 Å². The van der Waals surface area contributed by atoms with Gasteiger partial charge in [0.05, 0.1) is 10.4 Å². The first-order chi connectivity index (χ1) is 15.3. The number of anilines is 1. The van der Waals surface area contributed by atoms with E-state index in [4.69, 9.17) is 0 Å². The molecule has 1 aromatic heterocycles. The second-order valence-electron chi connectivity index (χ2n) is 8.10. The summed E-state index contributed by atoms with van der Waals surface area (Å²) in [6.45, 7) is 1.90. The minimum atomic E-state index is -4.08. The number of rotatable bonds is 3. The van der Waals surface area contributed by atoms with Crippen LogP contribution in [0.25, 0.3) is 10.9 Å². The van der Waals surface area contributed by atoms with Gasteiger partial charge in [-0.1, -0.05) is 70.0 Å².